The lowest BCUT2D eigenvalue weighted by Gasteiger charge is -2.27. The van der Waals surface area contributed by atoms with E-state index in [1.54, 1.807) is 12.1 Å². The van der Waals surface area contributed by atoms with E-state index >= 15 is 0 Å². The summed E-state index contributed by atoms with van der Waals surface area (Å²) in [5.41, 5.74) is 3.25. The molecule has 188 valence electrons. The predicted molar refractivity (Wildman–Crippen MR) is 127 cm³/mol. The summed E-state index contributed by atoms with van der Waals surface area (Å²) in [5, 5.41) is 8.28. The van der Waals surface area contributed by atoms with Crippen LogP contribution in [0.1, 0.15) is 55.1 Å². The number of rotatable bonds is 7. The number of nitrogens with zero attached hydrogens (tertiary/aromatic N) is 3. The zero-order valence-corrected chi connectivity index (χ0v) is 20.1. The molecule has 0 spiro atoms. The van der Waals surface area contributed by atoms with E-state index in [-0.39, 0.29) is 18.0 Å². The number of halogens is 3. The molecule has 1 aromatic heterocycles. The summed E-state index contributed by atoms with van der Waals surface area (Å²) in [5.74, 6) is -1.89. The lowest BCUT2D eigenvalue weighted by molar-refractivity contribution is -0.274. The SMILES string of the molecule is CCc1ccc(N2C(=O)C(=O)C(Cc3ccc(C(C)C)cc3)C2c2ccc(OC(F)(F)F)cc2)nn1. The maximum Gasteiger partial charge on any atom is 0.573 e. The molecule has 1 saturated heterocycles. The minimum Gasteiger partial charge on any atom is -0.406 e. The largest absolute Gasteiger partial charge is 0.573 e. The number of anilines is 1. The van der Waals surface area contributed by atoms with Crippen molar-refractivity contribution in [2.24, 2.45) is 5.92 Å². The summed E-state index contributed by atoms with van der Waals surface area (Å²) in [4.78, 5) is 27.7. The summed E-state index contributed by atoms with van der Waals surface area (Å²) in [6, 6.07) is 15.7. The van der Waals surface area contributed by atoms with Gasteiger partial charge >= 0.3 is 6.36 Å². The van der Waals surface area contributed by atoms with Crippen LogP contribution in [0.3, 0.4) is 0 Å². The Balaban J connectivity index is 1.72. The molecular weight excluding hydrogens is 471 g/mol. The van der Waals surface area contributed by atoms with Crippen LogP contribution >= 0.6 is 0 Å². The van der Waals surface area contributed by atoms with Gasteiger partial charge in [0.15, 0.2) is 5.82 Å². The minimum atomic E-state index is -4.83. The van der Waals surface area contributed by atoms with Crippen molar-refractivity contribution in [2.45, 2.75) is 51.9 Å². The number of benzene rings is 2. The van der Waals surface area contributed by atoms with Gasteiger partial charge in [0.1, 0.15) is 5.75 Å². The van der Waals surface area contributed by atoms with Gasteiger partial charge in [-0.1, -0.05) is 57.2 Å². The molecule has 1 aliphatic heterocycles. The minimum absolute atomic E-state index is 0.212. The van der Waals surface area contributed by atoms with Crippen LogP contribution in [0.25, 0.3) is 0 Å². The molecule has 2 atom stereocenters. The molecule has 2 aromatic carbocycles. The van der Waals surface area contributed by atoms with Gasteiger partial charge in [0.05, 0.1) is 17.7 Å². The van der Waals surface area contributed by atoms with E-state index in [2.05, 4.69) is 28.8 Å². The zero-order valence-electron chi connectivity index (χ0n) is 20.1. The van der Waals surface area contributed by atoms with Crippen molar-refractivity contribution in [2.75, 3.05) is 4.90 Å². The van der Waals surface area contributed by atoms with E-state index in [4.69, 9.17) is 0 Å². The number of aryl methyl sites for hydroxylation is 1. The number of hydrogen-bond donors (Lipinski definition) is 0. The van der Waals surface area contributed by atoms with Crippen molar-refractivity contribution < 1.29 is 27.5 Å². The highest BCUT2D eigenvalue weighted by Crippen LogP contribution is 2.41. The Kier molecular flexibility index (Phi) is 7.10. The number of aromatic nitrogens is 2. The number of carbonyl (C=O) groups is 2. The summed E-state index contributed by atoms with van der Waals surface area (Å²) >= 11 is 0. The monoisotopic (exact) mass is 497 g/mol. The van der Waals surface area contributed by atoms with Gasteiger partial charge in [-0.2, -0.15) is 5.10 Å². The van der Waals surface area contributed by atoms with Gasteiger partial charge in [-0.15, -0.1) is 18.3 Å². The van der Waals surface area contributed by atoms with Crippen LogP contribution in [-0.4, -0.2) is 28.3 Å². The van der Waals surface area contributed by atoms with Gasteiger partial charge in [0, 0.05) is 0 Å². The summed E-state index contributed by atoms with van der Waals surface area (Å²) in [6.45, 7) is 6.08. The Labute approximate surface area is 207 Å². The van der Waals surface area contributed by atoms with Crippen molar-refractivity contribution in [3.63, 3.8) is 0 Å². The molecule has 36 heavy (non-hydrogen) atoms. The molecule has 1 aliphatic rings. The number of alkyl halides is 3. The number of Topliss-reactive ketones (excluding diaryl/α,β-unsaturated/α-hetero) is 1. The Bertz CT molecular complexity index is 1220. The first-order chi connectivity index (χ1) is 17.1. The number of carbonyl (C=O) groups excluding carboxylic acids is 2. The first-order valence-electron chi connectivity index (χ1n) is 11.7. The smallest absolute Gasteiger partial charge is 0.406 e. The van der Waals surface area contributed by atoms with E-state index in [0.717, 1.165) is 16.8 Å². The fourth-order valence-corrected chi connectivity index (χ4v) is 4.39. The van der Waals surface area contributed by atoms with Crippen molar-refractivity contribution in [1.29, 1.82) is 0 Å². The topological polar surface area (TPSA) is 72.4 Å². The summed E-state index contributed by atoms with van der Waals surface area (Å²) in [6.07, 6.45) is -3.89. The summed E-state index contributed by atoms with van der Waals surface area (Å²) in [7, 11) is 0. The van der Waals surface area contributed by atoms with Crippen LogP contribution in [0, 0.1) is 5.92 Å². The fourth-order valence-electron chi connectivity index (χ4n) is 4.39. The van der Waals surface area contributed by atoms with E-state index in [1.165, 1.54) is 29.2 Å². The van der Waals surface area contributed by atoms with Gasteiger partial charge in [-0.25, -0.2) is 0 Å². The lowest BCUT2D eigenvalue weighted by Crippen LogP contribution is -2.31. The third kappa shape index (κ3) is 5.40. The van der Waals surface area contributed by atoms with Crippen LogP contribution in [0.4, 0.5) is 19.0 Å². The van der Waals surface area contributed by atoms with Gasteiger partial charge in [0.25, 0.3) is 5.91 Å². The van der Waals surface area contributed by atoms with Gasteiger partial charge < -0.3 is 4.74 Å². The van der Waals surface area contributed by atoms with Gasteiger partial charge in [-0.05, 0) is 59.7 Å². The Morgan fingerprint density at radius 3 is 2.14 bits per heavy atom. The van der Waals surface area contributed by atoms with Crippen LogP contribution in [0.2, 0.25) is 0 Å². The normalized spacial score (nSPS) is 18.2. The van der Waals surface area contributed by atoms with Crippen LogP contribution in [-0.2, 0) is 22.4 Å². The Morgan fingerprint density at radius 2 is 1.61 bits per heavy atom. The second kappa shape index (κ2) is 10.1. The lowest BCUT2D eigenvalue weighted by atomic mass is 9.87. The highest BCUT2D eigenvalue weighted by atomic mass is 19.4. The second-order valence-corrected chi connectivity index (χ2v) is 9.04. The molecule has 1 fully saturated rings. The first kappa shape index (κ1) is 25.3. The van der Waals surface area contributed by atoms with E-state index in [1.807, 2.05) is 31.2 Å². The molecule has 2 heterocycles. The van der Waals surface area contributed by atoms with Crippen LogP contribution in [0.15, 0.2) is 60.7 Å². The molecule has 0 saturated carbocycles. The third-order valence-corrected chi connectivity index (χ3v) is 6.30. The maximum atomic E-state index is 13.2. The van der Waals surface area contributed by atoms with Crippen LogP contribution in [0.5, 0.6) is 5.75 Å². The number of ether oxygens (including phenoxy) is 1. The molecule has 1 amide bonds. The Hall–Kier alpha value is -3.75. The molecule has 0 radical (unpaired) electrons. The molecule has 0 bridgehead atoms. The van der Waals surface area contributed by atoms with Crippen molar-refractivity contribution in [3.05, 3.63) is 83.0 Å². The third-order valence-electron chi connectivity index (χ3n) is 6.30. The highest BCUT2D eigenvalue weighted by Gasteiger charge is 2.49. The Morgan fingerprint density at radius 1 is 0.944 bits per heavy atom. The van der Waals surface area contributed by atoms with Gasteiger partial charge in [0.2, 0.25) is 5.78 Å². The van der Waals surface area contributed by atoms with Crippen molar-refractivity contribution in [3.8, 4) is 5.75 Å². The molecule has 0 aliphatic carbocycles. The van der Waals surface area contributed by atoms with Gasteiger partial charge in [-0.3, -0.25) is 14.5 Å². The van der Waals surface area contributed by atoms with E-state index in [0.29, 0.717) is 17.9 Å². The number of hydrogen-bond acceptors (Lipinski definition) is 5. The predicted octanol–water partition coefficient (Wildman–Crippen LogP) is 5.58. The molecule has 0 N–H and O–H groups in total. The second-order valence-electron chi connectivity index (χ2n) is 9.04. The highest BCUT2D eigenvalue weighted by molar-refractivity contribution is 6.44. The zero-order chi connectivity index (χ0) is 26.0. The molecular formula is C27H26F3N3O3. The quantitative estimate of drug-likeness (QED) is 0.399. The van der Waals surface area contributed by atoms with E-state index < -0.39 is 30.0 Å². The average Bonchev–Trinajstić information content (AvgIpc) is 3.09. The molecule has 4 rings (SSSR count). The molecule has 6 nitrogen and oxygen atoms in total. The fraction of sp³-hybridized carbons (Fsp3) is 0.333. The molecule has 3 aromatic rings. The number of amides is 1. The maximum absolute atomic E-state index is 13.2. The summed E-state index contributed by atoms with van der Waals surface area (Å²) < 4.78 is 41.9. The van der Waals surface area contributed by atoms with Crippen molar-refractivity contribution in [1.82, 2.24) is 10.2 Å². The van der Waals surface area contributed by atoms with E-state index in [9.17, 15) is 22.8 Å². The average molecular weight is 498 g/mol. The van der Waals surface area contributed by atoms with Crippen molar-refractivity contribution >= 4 is 17.5 Å². The standard InChI is InChI=1S/C27H26F3N3O3/c1-4-20-11-14-23(32-31-20)33-24(19-9-12-21(13-10-19)36-27(28,29)30)22(25(34)26(33)35)15-17-5-7-18(8-6-17)16(2)3/h5-14,16,22,24H,4,15H2,1-3H3. The number of ketones is 1. The molecule has 2 unspecified atom stereocenters. The van der Waals surface area contributed by atoms with Crippen LogP contribution < -0.4 is 9.64 Å². The first-order valence-corrected chi connectivity index (χ1v) is 11.7. The molecule has 9 heteroatoms.